The molecule has 3 aromatic carbocycles. The number of aliphatic carboxylic acids is 1. The lowest BCUT2D eigenvalue weighted by Gasteiger charge is -2.09. The smallest absolute Gasteiger partial charge is 0.320 e. The maximum absolute atomic E-state index is 10.7. The minimum Gasteiger partial charge on any atom is -0.489 e. The average Bonchev–Trinajstić information content (AvgIpc) is 2.74. The summed E-state index contributed by atoms with van der Waals surface area (Å²) >= 11 is 0. The summed E-state index contributed by atoms with van der Waals surface area (Å²) < 4.78 is 5.65. The molecule has 0 unspecified atom stereocenters. The third-order valence-electron chi connectivity index (χ3n) is 4.26. The van der Waals surface area contributed by atoms with Crippen molar-refractivity contribution in [2.75, 3.05) is 5.73 Å². The molecule has 0 aliphatic rings. The van der Waals surface area contributed by atoms with E-state index >= 15 is 0 Å². The number of benzene rings is 3. The van der Waals surface area contributed by atoms with Gasteiger partial charge < -0.3 is 21.3 Å². The fourth-order valence-corrected chi connectivity index (χ4v) is 2.52. The van der Waals surface area contributed by atoms with Gasteiger partial charge in [-0.3, -0.25) is 9.59 Å². The Labute approximate surface area is 188 Å². The summed E-state index contributed by atoms with van der Waals surface area (Å²) in [7, 11) is 0. The number of hydrogen-bond acceptors (Lipinski definition) is 5. The molecule has 0 aromatic heterocycles. The molecule has 5 N–H and O–H groups in total. The van der Waals surface area contributed by atoms with Crippen molar-refractivity contribution in [3.63, 3.8) is 0 Å². The maximum atomic E-state index is 10.7. The highest BCUT2D eigenvalue weighted by Gasteiger charge is 2.11. The van der Waals surface area contributed by atoms with Gasteiger partial charge in [-0.1, -0.05) is 42.5 Å². The summed E-state index contributed by atoms with van der Waals surface area (Å²) in [5, 5.41) is 8.76. The van der Waals surface area contributed by atoms with E-state index in [0.29, 0.717) is 24.3 Å². The molecule has 3 rings (SSSR count). The lowest BCUT2D eigenvalue weighted by molar-refractivity contribution is -0.138. The number of anilines is 1. The molecule has 7 heteroatoms. The number of carboxylic acid groups (broad SMARTS) is 1. The number of hydrogen-bond donors (Lipinski definition) is 3. The van der Waals surface area contributed by atoms with E-state index in [1.165, 1.54) is 6.92 Å². The summed E-state index contributed by atoms with van der Waals surface area (Å²) in [6.45, 7) is 2.04. The fourth-order valence-electron chi connectivity index (χ4n) is 2.52. The van der Waals surface area contributed by atoms with Crippen molar-refractivity contribution >= 4 is 29.8 Å². The Morgan fingerprint density at radius 3 is 2.00 bits per heavy atom. The van der Waals surface area contributed by atoms with Crippen LogP contribution in [0.25, 0.3) is 0 Å². The predicted molar refractivity (Wildman–Crippen MR) is 125 cm³/mol. The van der Waals surface area contributed by atoms with Crippen LogP contribution in [0.1, 0.15) is 28.4 Å². The number of Topliss-reactive ketones (excluding diaryl/α,β-unsaturated/α-hetero) is 1. The van der Waals surface area contributed by atoms with Gasteiger partial charge in [0.05, 0.1) is 0 Å². The van der Waals surface area contributed by atoms with E-state index in [2.05, 4.69) is 0 Å². The molecule has 164 valence electrons. The van der Waals surface area contributed by atoms with Gasteiger partial charge in [0.1, 0.15) is 18.4 Å². The zero-order valence-electron chi connectivity index (χ0n) is 17.2. The number of ether oxygens (including phenoxy) is 1. The molecular formula is C24H27ClN2O4. The number of carbonyl (C=O) groups is 2. The van der Waals surface area contributed by atoms with Crippen molar-refractivity contribution in [1.29, 1.82) is 0 Å². The first kappa shape index (κ1) is 25.7. The van der Waals surface area contributed by atoms with Crippen LogP contribution in [0.3, 0.4) is 0 Å². The SMILES string of the molecule is CC(=O)c1ccc(N)cc1.Cl.N[C@@H](Cc1ccc(OCc2ccccc2)cc1)C(=O)O. The number of carboxylic acids is 1. The molecule has 0 bridgehead atoms. The van der Waals surface area contributed by atoms with Gasteiger partial charge >= 0.3 is 5.97 Å². The van der Waals surface area contributed by atoms with Crippen LogP contribution in [-0.4, -0.2) is 22.9 Å². The number of nitrogens with two attached hydrogens (primary N) is 2. The molecule has 0 saturated heterocycles. The van der Waals surface area contributed by atoms with Crippen LogP contribution in [0, 0.1) is 0 Å². The third-order valence-corrected chi connectivity index (χ3v) is 4.26. The van der Waals surface area contributed by atoms with Gasteiger partial charge in [-0.2, -0.15) is 0 Å². The number of carbonyl (C=O) groups excluding carboxylic acids is 1. The summed E-state index contributed by atoms with van der Waals surface area (Å²) in [5.41, 5.74) is 14.3. The molecule has 0 aliphatic heterocycles. The Bertz CT molecular complexity index is 946. The van der Waals surface area contributed by atoms with Crippen LogP contribution in [0.5, 0.6) is 5.75 Å². The second-order valence-corrected chi connectivity index (χ2v) is 6.75. The van der Waals surface area contributed by atoms with Gasteiger partial charge in [0.25, 0.3) is 0 Å². The summed E-state index contributed by atoms with van der Waals surface area (Å²) in [4.78, 5) is 21.4. The van der Waals surface area contributed by atoms with Gasteiger partial charge in [-0.15, -0.1) is 12.4 Å². The van der Waals surface area contributed by atoms with Crippen molar-refractivity contribution < 1.29 is 19.4 Å². The van der Waals surface area contributed by atoms with Crippen molar-refractivity contribution in [2.24, 2.45) is 5.73 Å². The molecule has 31 heavy (non-hydrogen) atoms. The van der Waals surface area contributed by atoms with Gasteiger partial charge in [0.2, 0.25) is 0 Å². The number of rotatable bonds is 7. The first-order valence-electron chi connectivity index (χ1n) is 9.45. The van der Waals surface area contributed by atoms with Crippen molar-refractivity contribution in [3.05, 3.63) is 95.6 Å². The third kappa shape index (κ3) is 9.33. The molecule has 1 atom stereocenters. The molecule has 0 radical (unpaired) electrons. The summed E-state index contributed by atoms with van der Waals surface area (Å²) in [6.07, 6.45) is 0.314. The zero-order chi connectivity index (χ0) is 21.9. The van der Waals surface area contributed by atoms with Gasteiger partial charge in [-0.05, 0) is 60.9 Å². The molecule has 3 aromatic rings. The van der Waals surface area contributed by atoms with E-state index in [-0.39, 0.29) is 18.2 Å². The number of nitrogen functional groups attached to an aromatic ring is 1. The monoisotopic (exact) mass is 442 g/mol. The maximum Gasteiger partial charge on any atom is 0.320 e. The molecular weight excluding hydrogens is 416 g/mol. The highest BCUT2D eigenvalue weighted by atomic mass is 35.5. The number of halogens is 1. The Kier molecular flexibility index (Phi) is 10.8. The Morgan fingerprint density at radius 2 is 1.48 bits per heavy atom. The van der Waals surface area contributed by atoms with Crippen molar-refractivity contribution in [1.82, 2.24) is 0 Å². The second-order valence-electron chi connectivity index (χ2n) is 6.75. The van der Waals surface area contributed by atoms with E-state index in [1.54, 1.807) is 24.3 Å². The van der Waals surface area contributed by atoms with Crippen LogP contribution >= 0.6 is 12.4 Å². The highest BCUT2D eigenvalue weighted by molar-refractivity contribution is 5.94. The van der Waals surface area contributed by atoms with E-state index in [0.717, 1.165) is 16.9 Å². The fraction of sp³-hybridized carbons (Fsp3) is 0.167. The molecule has 6 nitrogen and oxygen atoms in total. The van der Waals surface area contributed by atoms with Crippen molar-refractivity contribution in [3.8, 4) is 5.75 Å². The minimum atomic E-state index is -0.991. The van der Waals surface area contributed by atoms with Crippen molar-refractivity contribution in [2.45, 2.75) is 26.0 Å². The largest absolute Gasteiger partial charge is 0.489 e. The Morgan fingerprint density at radius 1 is 0.903 bits per heavy atom. The normalized spacial score (nSPS) is 10.6. The van der Waals surface area contributed by atoms with E-state index < -0.39 is 12.0 Å². The lowest BCUT2D eigenvalue weighted by Crippen LogP contribution is -2.32. The van der Waals surface area contributed by atoms with Crippen LogP contribution in [0.2, 0.25) is 0 Å². The first-order valence-corrected chi connectivity index (χ1v) is 9.45. The van der Waals surface area contributed by atoms with Gasteiger partial charge in [-0.25, -0.2) is 0 Å². The van der Waals surface area contributed by atoms with Crippen LogP contribution in [0.4, 0.5) is 5.69 Å². The van der Waals surface area contributed by atoms with E-state index in [4.69, 9.17) is 21.3 Å². The molecule has 0 aliphatic carbocycles. The highest BCUT2D eigenvalue weighted by Crippen LogP contribution is 2.15. The minimum absolute atomic E-state index is 0. The van der Waals surface area contributed by atoms with Gasteiger partial charge in [0, 0.05) is 11.3 Å². The lowest BCUT2D eigenvalue weighted by atomic mass is 10.1. The van der Waals surface area contributed by atoms with E-state index in [9.17, 15) is 9.59 Å². The Balaban J connectivity index is 0.000000370. The zero-order valence-corrected chi connectivity index (χ0v) is 18.0. The number of ketones is 1. The van der Waals surface area contributed by atoms with Gasteiger partial charge in [0.15, 0.2) is 5.78 Å². The van der Waals surface area contributed by atoms with Crippen LogP contribution in [0.15, 0.2) is 78.9 Å². The molecule has 0 fully saturated rings. The average molecular weight is 443 g/mol. The quantitative estimate of drug-likeness (QED) is 0.374. The molecule has 0 saturated carbocycles. The van der Waals surface area contributed by atoms with E-state index in [1.807, 2.05) is 54.6 Å². The van der Waals surface area contributed by atoms with Crippen LogP contribution in [-0.2, 0) is 17.8 Å². The molecule has 0 spiro atoms. The first-order chi connectivity index (χ1) is 14.3. The standard InChI is InChI=1S/C16H17NO3.C8H9NO.ClH/c17-15(16(18)19)10-12-6-8-14(9-7-12)20-11-13-4-2-1-3-5-13;1-6(10)7-2-4-8(9)5-3-7;/h1-9,15H,10-11,17H2,(H,18,19);2-5H,9H2,1H3;1H/t15-;;/m0../s1. The van der Waals surface area contributed by atoms with Crippen LogP contribution < -0.4 is 16.2 Å². The second kappa shape index (κ2) is 13.1. The predicted octanol–water partition coefficient (Wildman–Crippen LogP) is 4.11. The Hall–Kier alpha value is -3.35. The molecule has 0 heterocycles. The summed E-state index contributed by atoms with van der Waals surface area (Å²) in [5.74, 6) is -0.170. The molecule has 0 amide bonds. The topological polar surface area (TPSA) is 116 Å². The summed E-state index contributed by atoms with van der Waals surface area (Å²) in [6, 6.07) is 23.2.